The van der Waals surface area contributed by atoms with Crippen LogP contribution >= 0.6 is 22.9 Å². The maximum absolute atomic E-state index is 12.5. The van der Waals surface area contributed by atoms with Crippen molar-refractivity contribution in [1.29, 1.82) is 0 Å². The van der Waals surface area contributed by atoms with Crippen molar-refractivity contribution in [2.45, 2.75) is 0 Å². The number of anilines is 2. The van der Waals surface area contributed by atoms with Crippen LogP contribution in [-0.2, 0) is 0 Å². The van der Waals surface area contributed by atoms with E-state index in [0.29, 0.717) is 13.1 Å². The molecule has 6 nitrogen and oxygen atoms in total. The number of hydrogen-bond acceptors (Lipinski definition) is 5. The lowest BCUT2D eigenvalue weighted by Crippen LogP contribution is -2.50. The van der Waals surface area contributed by atoms with Gasteiger partial charge in [0.15, 0.2) is 5.13 Å². The zero-order chi connectivity index (χ0) is 18.8. The molecular weight excluding hydrogens is 384 g/mol. The normalized spacial score (nSPS) is 14.4. The lowest BCUT2D eigenvalue weighted by Gasteiger charge is -2.34. The van der Waals surface area contributed by atoms with Crippen molar-refractivity contribution in [2.24, 2.45) is 0 Å². The van der Waals surface area contributed by atoms with Gasteiger partial charge in [0, 0.05) is 36.9 Å². The van der Waals surface area contributed by atoms with Crippen LogP contribution in [0.5, 0.6) is 5.75 Å². The topological polar surface area (TPSA) is 57.7 Å². The maximum Gasteiger partial charge on any atom is 0.321 e. The first-order valence-electron chi connectivity index (χ1n) is 8.63. The number of urea groups is 1. The van der Waals surface area contributed by atoms with E-state index in [9.17, 15) is 4.79 Å². The van der Waals surface area contributed by atoms with Crippen LogP contribution in [0.1, 0.15) is 0 Å². The van der Waals surface area contributed by atoms with Gasteiger partial charge in [0.25, 0.3) is 0 Å². The van der Waals surface area contributed by atoms with E-state index in [4.69, 9.17) is 16.3 Å². The average Bonchev–Trinajstić information content (AvgIpc) is 3.12. The summed E-state index contributed by atoms with van der Waals surface area (Å²) in [5.41, 5.74) is 1.71. The van der Waals surface area contributed by atoms with Gasteiger partial charge >= 0.3 is 6.03 Å². The van der Waals surface area contributed by atoms with Crippen molar-refractivity contribution in [3.05, 3.63) is 47.5 Å². The zero-order valence-corrected chi connectivity index (χ0v) is 16.4. The molecule has 0 atom stereocenters. The molecule has 1 aliphatic rings. The van der Waals surface area contributed by atoms with Crippen molar-refractivity contribution < 1.29 is 9.53 Å². The van der Waals surface area contributed by atoms with E-state index in [0.717, 1.165) is 44.9 Å². The summed E-state index contributed by atoms with van der Waals surface area (Å²) in [5, 5.41) is 4.63. The Morgan fingerprint density at radius 3 is 2.59 bits per heavy atom. The van der Waals surface area contributed by atoms with Crippen LogP contribution in [0, 0.1) is 0 Å². The molecule has 0 saturated carbocycles. The molecule has 140 valence electrons. The molecular formula is C19H19ClN4O2S. The van der Waals surface area contributed by atoms with Crippen LogP contribution in [-0.4, -0.2) is 49.2 Å². The summed E-state index contributed by atoms with van der Waals surface area (Å²) in [7, 11) is 1.62. The van der Waals surface area contributed by atoms with Crippen molar-refractivity contribution in [1.82, 2.24) is 9.88 Å². The second kappa shape index (κ2) is 7.62. The number of hydrogen-bond donors (Lipinski definition) is 1. The van der Waals surface area contributed by atoms with Gasteiger partial charge in [-0.05, 0) is 42.5 Å². The third kappa shape index (κ3) is 3.94. The van der Waals surface area contributed by atoms with Crippen LogP contribution < -0.4 is 15.0 Å². The second-order valence-corrected chi connectivity index (χ2v) is 7.69. The first-order valence-corrected chi connectivity index (χ1v) is 9.83. The molecule has 2 heterocycles. The Hall–Kier alpha value is -2.51. The number of thiazole rings is 1. The summed E-state index contributed by atoms with van der Waals surface area (Å²) in [6, 6.07) is 13.0. The van der Waals surface area contributed by atoms with E-state index in [1.165, 1.54) is 0 Å². The number of benzene rings is 2. The van der Waals surface area contributed by atoms with Crippen molar-refractivity contribution in [2.75, 3.05) is 43.5 Å². The summed E-state index contributed by atoms with van der Waals surface area (Å²) in [4.78, 5) is 21.2. The lowest BCUT2D eigenvalue weighted by atomic mass is 10.3. The van der Waals surface area contributed by atoms with Crippen LogP contribution in [0.25, 0.3) is 10.2 Å². The molecule has 0 unspecified atom stereocenters. The van der Waals surface area contributed by atoms with Gasteiger partial charge in [0.05, 0.1) is 17.3 Å². The van der Waals surface area contributed by atoms with Crippen molar-refractivity contribution in [3.63, 3.8) is 0 Å². The fourth-order valence-corrected chi connectivity index (χ4v) is 4.29. The molecule has 0 radical (unpaired) electrons. The van der Waals surface area contributed by atoms with Crippen LogP contribution in [0.4, 0.5) is 15.6 Å². The Labute approximate surface area is 166 Å². The first kappa shape index (κ1) is 17.9. The number of nitrogens with zero attached hydrogens (tertiary/aromatic N) is 3. The number of piperazine rings is 1. The number of nitrogens with one attached hydrogen (secondary N) is 1. The quantitative estimate of drug-likeness (QED) is 0.709. The highest BCUT2D eigenvalue weighted by Gasteiger charge is 2.23. The zero-order valence-electron chi connectivity index (χ0n) is 14.8. The molecule has 1 N–H and O–H groups in total. The van der Waals surface area contributed by atoms with Gasteiger partial charge in [0.1, 0.15) is 5.75 Å². The Morgan fingerprint density at radius 2 is 1.89 bits per heavy atom. The standard InChI is InChI=1S/C19H19ClN4O2S/c1-26-15-5-3-14(4-6-15)21-18(25)23-8-10-24(11-9-23)19-22-16-7-2-13(20)12-17(16)27-19/h2-7,12H,8-11H2,1H3,(H,21,25). The van der Waals surface area contributed by atoms with E-state index in [-0.39, 0.29) is 6.03 Å². The number of carbonyl (C=O) groups excluding carboxylic acids is 1. The number of carbonyl (C=O) groups is 1. The highest BCUT2D eigenvalue weighted by Crippen LogP contribution is 2.31. The van der Waals surface area contributed by atoms with E-state index in [1.54, 1.807) is 18.4 Å². The summed E-state index contributed by atoms with van der Waals surface area (Å²) < 4.78 is 6.21. The molecule has 1 aromatic heterocycles. The molecule has 4 rings (SSSR count). The highest BCUT2D eigenvalue weighted by atomic mass is 35.5. The Kier molecular flexibility index (Phi) is 5.05. The van der Waals surface area contributed by atoms with Gasteiger partial charge in [-0.1, -0.05) is 22.9 Å². The largest absolute Gasteiger partial charge is 0.497 e. The predicted octanol–water partition coefficient (Wildman–Crippen LogP) is 4.31. The van der Waals surface area contributed by atoms with Gasteiger partial charge in [-0.25, -0.2) is 9.78 Å². The fraction of sp³-hybridized carbons (Fsp3) is 0.263. The molecule has 1 aliphatic heterocycles. The monoisotopic (exact) mass is 402 g/mol. The number of methoxy groups -OCH3 is 1. The molecule has 2 amide bonds. The van der Waals surface area contributed by atoms with Gasteiger partial charge in [-0.3, -0.25) is 0 Å². The summed E-state index contributed by atoms with van der Waals surface area (Å²) in [6.07, 6.45) is 0. The van der Waals surface area contributed by atoms with E-state index >= 15 is 0 Å². The molecule has 0 aliphatic carbocycles. The number of halogens is 1. The summed E-state index contributed by atoms with van der Waals surface area (Å²) >= 11 is 7.69. The van der Waals surface area contributed by atoms with E-state index in [2.05, 4.69) is 15.2 Å². The predicted molar refractivity (Wildman–Crippen MR) is 110 cm³/mol. The highest BCUT2D eigenvalue weighted by molar-refractivity contribution is 7.22. The molecule has 0 bridgehead atoms. The Bertz CT molecular complexity index is 952. The maximum atomic E-state index is 12.5. The fourth-order valence-electron chi connectivity index (χ4n) is 3.00. The van der Waals surface area contributed by atoms with Crippen LogP contribution in [0.2, 0.25) is 5.02 Å². The minimum absolute atomic E-state index is 0.0871. The third-order valence-electron chi connectivity index (χ3n) is 4.52. The third-order valence-corrected chi connectivity index (χ3v) is 5.83. The van der Waals surface area contributed by atoms with Gasteiger partial charge in [-0.2, -0.15) is 0 Å². The van der Waals surface area contributed by atoms with Gasteiger partial charge in [0.2, 0.25) is 0 Å². The summed E-state index contributed by atoms with van der Waals surface area (Å²) in [6.45, 7) is 2.81. The molecule has 2 aromatic carbocycles. The molecule has 1 fully saturated rings. The first-order chi connectivity index (χ1) is 13.1. The van der Waals surface area contributed by atoms with E-state index < -0.39 is 0 Å². The lowest BCUT2D eigenvalue weighted by molar-refractivity contribution is 0.208. The molecule has 0 spiro atoms. The minimum Gasteiger partial charge on any atom is -0.497 e. The second-order valence-electron chi connectivity index (χ2n) is 6.24. The molecule has 1 saturated heterocycles. The van der Waals surface area contributed by atoms with Crippen LogP contribution in [0.3, 0.4) is 0 Å². The SMILES string of the molecule is COc1ccc(NC(=O)N2CCN(c3nc4ccc(Cl)cc4s3)CC2)cc1. The Balaban J connectivity index is 1.36. The molecule has 3 aromatic rings. The van der Waals surface area contributed by atoms with Crippen molar-refractivity contribution in [3.8, 4) is 5.75 Å². The van der Waals surface area contributed by atoms with Crippen molar-refractivity contribution >= 4 is 50.0 Å². The number of amides is 2. The van der Waals surface area contributed by atoms with Crippen LogP contribution in [0.15, 0.2) is 42.5 Å². The van der Waals surface area contributed by atoms with Gasteiger partial charge in [-0.15, -0.1) is 0 Å². The number of fused-ring (bicyclic) bond motifs is 1. The smallest absolute Gasteiger partial charge is 0.321 e. The molecule has 27 heavy (non-hydrogen) atoms. The number of ether oxygens (including phenoxy) is 1. The average molecular weight is 403 g/mol. The summed E-state index contributed by atoms with van der Waals surface area (Å²) in [5.74, 6) is 0.763. The minimum atomic E-state index is -0.0871. The molecule has 8 heteroatoms. The number of aromatic nitrogens is 1. The Morgan fingerprint density at radius 1 is 1.15 bits per heavy atom. The number of rotatable bonds is 3. The van der Waals surface area contributed by atoms with E-state index in [1.807, 2.05) is 47.4 Å². The van der Waals surface area contributed by atoms with Gasteiger partial charge < -0.3 is 19.9 Å².